The Kier molecular flexibility index (Phi) is 6.55. The molecule has 0 bridgehead atoms. The summed E-state index contributed by atoms with van der Waals surface area (Å²) in [6.45, 7) is 0. The average Bonchev–Trinajstić information content (AvgIpc) is 3.12. The molecule has 0 atom stereocenters. The molecule has 9 aromatic rings. The Balaban J connectivity index is 1.61. The van der Waals surface area contributed by atoms with Gasteiger partial charge in [-0.2, -0.15) is 0 Å². The second-order valence-corrected chi connectivity index (χ2v) is 13.5. The predicted molar refractivity (Wildman–Crippen MR) is 205 cm³/mol. The highest BCUT2D eigenvalue weighted by molar-refractivity contribution is 9.11. The predicted octanol–water partition coefficient (Wildman–Crippen LogP) is 13.9. The van der Waals surface area contributed by atoms with Crippen molar-refractivity contribution >= 4 is 74.9 Å². The van der Waals surface area contributed by atoms with Gasteiger partial charge in [-0.25, -0.2) is 0 Å². The second kappa shape index (κ2) is 10.9. The van der Waals surface area contributed by atoms with Crippen molar-refractivity contribution in [2.45, 2.75) is 0 Å². The van der Waals surface area contributed by atoms with Gasteiger partial charge in [0.1, 0.15) is 0 Å². The van der Waals surface area contributed by atoms with Crippen LogP contribution < -0.4 is 0 Å². The summed E-state index contributed by atoms with van der Waals surface area (Å²) in [5.41, 5.74) is 9.79. The Morgan fingerprint density at radius 3 is 1.37 bits per heavy atom. The molecule has 0 amide bonds. The third kappa shape index (κ3) is 4.10. The van der Waals surface area contributed by atoms with Crippen molar-refractivity contribution in [3.63, 3.8) is 0 Å². The van der Waals surface area contributed by atoms with Crippen LogP contribution in [0.1, 0.15) is 0 Å². The number of rotatable bonds is 4. The van der Waals surface area contributed by atoms with Crippen LogP contribution in [-0.4, -0.2) is 0 Å². The molecule has 9 aromatic carbocycles. The first-order chi connectivity index (χ1) is 22.7. The number of hydrogen-bond donors (Lipinski definition) is 0. The molecule has 0 fully saturated rings. The van der Waals surface area contributed by atoms with Crippen molar-refractivity contribution in [2.75, 3.05) is 0 Å². The van der Waals surface area contributed by atoms with E-state index in [9.17, 15) is 0 Å². The minimum atomic E-state index is 1.10. The Bertz CT molecular complexity index is 2530. The molecule has 0 radical (unpaired) electrons. The summed E-state index contributed by atoms with van der Waals surface area (Å²) in [7, 11) is 0. The molecule has 0 aliphatic heterocycles. The van der Waals surface area contributed by atoms with Gasteiger partial charge >= 0.3 is 0 Å². The van der Waals surface area contributed by atoms with Crippen molar-refractivity contribution in [3.05, 3.63) is 167 Å². The minimum absolute atomic E-state index is 1.10. The fraction of sp³-hybridized carbons (Fsp3) is 0. The number of halogens is 2. The first kappa shape index (κ1) is 27.5. The van der Waals surface area contributed by atoms with Crippen LogP contribution in [-0.2, 0) is 0 Å². The fourth-order valence-corrected chi connectivity index (χ4v) is 8.66. The topological polar surface area (TPSA) is 0 Å². The average molecular weight is 715 g/mol. The zero-order valence-corrected chi connectivity index (χ0v) is 27.9. The molecule has 46 heavy (non-hydrogen) atoms. The summed E-state index contributed by atoms with van der Waals surface area (Å²) >= 11 is 8.19. The lowest BCUT2D eigenvalue weighted by Gasteiger charge is -2.25. The minimum Gasteiger partial charge on any atom is -0.0622 e. The van der Waals surface area contributed by atoms with Gasteiger partial charge in [0.25, 0.3) is 0 Å². The first-order valence-corrected chi connectivity index (χ1v) is 17.1. The van der Waals surface area contributed by atoms with Crippen LogP contribution in [0.2, 0.25) is 0 Å². The lowest BCUT2D eigenvalue weighted by atomic mass is 9.79. The molecular formula is C44H26Br2. The molecule has 0 aliphatic carbocycles. The van der Waals surface area contributed by atoms with Crippen LogP contribution >= 0.6 is 31.9 Å². The maximum absolute atomic E-state index is 4.18. The largest absolute Gasteiger partial charge is 0.0622 e. The van der Waals surface area contributed by atoms with E-state index in [1.165, 1.54) is 87.6 Å². The van der Waals surface area contributed by atoms with E-state index in [4.69, 9.17) is 0 Å². The Morgan fingerprint density at radius 1 is 0.304 bits per heavy atom. The second-order valence-electron chi connectivity index (χ2n) is 11.8. The molecule has 0 spiro atoms. The quantitative estimate of drug-likeness (QED) is 0.126. The molecule has 0 saturated carbocycles. The Morgan fingerprint density at radius 2 is 0.761 bits per heavy atom. The molecule has 0 aromatic heterocycles. The Hall–Kier alpha value is -4.76. The van der Waals surface area contributed by atoms with Crippen LogP contribution in [0.15, 0.2) is 167 Å². The van der Waals surface area contributed by atoms with Gasteiger partial charge in [0, 0.05) is 14.5 Å². The van der Waals surface area contributed by atoms with E-state index in [0.29, 0.717) is 0 Å². The summed E-state index contributed by atoms with van der Waals surface area (Å²) in [5, 5.41) is 10.1. The highest BCUT2D eigenvalue weighted by Crippen LogP contribution is 2.54. The van der Waals surface area contributed by atoms with Crippen molar-refractivity contribution in [1.82, 2.24) is 0 Å². The summed E-state index contributed by atoms with van der Waals surface area (Å²) in [5.74, 6) is 0. The van der Waals surface area contributed by atoms with E-state index in [1.54, 1.807) is 0 Å². The SMILES string of the molecule is Brc1ccc2c3c(-c4ccccc4)c(-c4ccccc4)c(Br)c4cccc(c5c(-c6ccccc6)c(-c6ccccc6)cc1c25)c43. The molecule has 0 saturated heterocycles. The summed E-state index contributed by atoms with van der Waals surface area (Å²) in [4.78, 5) is 0. The highest BCUT2D eigenvalue weighted by Gasteiger charge is 2.26. The van der Waals surface area contributed by atoms with Gasteiger partial charge in [-0.15, -0.1) is 0 Å². The van der Waals surface area contributed by atoms with E-state index in [-0.39, 0.29) is 0 Å². The molecule has 0 heterocycles. The van der Waals surface area contributed by atoms with E-state index in [0.717, 1.165) is 8.95 Å². The smallest absolute Gasteiger partial charge is 0.0339 e. The molecule has 9 rings (SSSR count). The standard InChI is InChI=1S/C44H26Br2/c45-36-25-24-32-41-35(36)26-34(27-14-5-1-6-15-27)37(28-16-7-2-8-17-28)42(41)31-22-13-23-33-40(31)43(32)38(29-18-9-3-10-19-29)39(44(33)46)30-20-11-4-12-21-30/h1-26H. The van der Waals surface area contributed by atoms with E-state index < -0.39 is 0 Å². The molecule has 2 heteroatoms. The van der Waals surface area contributed by atoms with Crippen molar-refractivity contribution in [1.29, 1.82) is 0 Å². The fourth-order valence-electron chi connectivity index (χ4n) is 7.45. The van der Waals surface area contributed by atoms with Gasteiger partial charge in [-0.1, -0.05) is 162 Å². The summed E-state index contributed by atoms with van der Waals surface area (Å²) < 4.78 is 2.22. The molecule has 0 unspecified atom stereocenters. The van der Waals surface area contributed by atoms with Gasteiger partial charge in [-0.3, -0.25) is 0 Å². The van der Waals surface area contributed by atoms with Gasteiger partial charge in [0.15, 0.2) is 0 Å². The Labute approximate surface area is 284 Å². The third-order valence-electron chi connectivity index (χ3n) is 9.33. The first-order valence-electron chi connectivity index (χ1n) is 15.5. The molecule has 216 valence electrons. The number of hydrogen-bond acceptors (Lipinski definition) is 0. The third-order valence-corrected chi connectivity index (χ3v) is 10.8. The number of fused-ring (bicyclic) bond motifs is 2. The maximum atomic E-state index is 4.18. The zero-order valence-electron chi connectivity index (χ0n) is 24.8. The summed E-state index contributed by atoms with van der Waals surface area (Å²) in [6, 6.07) is 57.2. The highest BCUT2D eigenvalue weighted by atomic mass is 79.9. The monoisotopic (exact) mass is 712 g/mol. The zero-order chi connectivity index (χ0) is 30.8. The summed E-state index contributed by atoms with van der Waals surface area (Å²) in [6.07, 6.45) is 0. The van der Waals surface area contributed by atoms with Gasteiger partial charge in [0.05, 0.1) is 0 Å². The molecule has 0 N–H and O–H groups in total. The van der Waals surface area contributed by atoms with Gasteiger partial charge in [-0.05, 0) is 110 Å². The van der Waals surface area contributed by atoms with Crippen LogP contribution in [0.4, 0.5) is 0 Å². The van der Waals surface area contributed by atoms with E-state index in [2.05, 4.69) is 190 Å². The van der Waals surface area contributed by atoms with Gasteiger partial charge in [0.2, 0.25) is 0 Å². The van der Waals surface area contributed by atoms with E-state index in [1.807, 2.05) is 0 Å². The molecule has 0 nitrogen and oxygen atoms in total. The van der Waals surface area contributed by atoms with Crippen LogP contribution in [0, 0.1) is 0 Å². The normalized spacial score (nSPS) is 11.7. The van der Waals surface area contributed by atoms with Crippen LogP contribution in [0.5, 0.6) is 0 Å². The van der Waals surface area contributed by atoms with Crippen molar-refractivity contribution in [3.8, 4) is 44.5 Å². The lowest BCUT2D eigenvalue weighted by Crippen LogP contribution is -1.97. The molecule has 0 aliphatic rings. The van der Waals surface area contributed by atoms with Crippen molar-refractivity contribution < 1.29 is 0 Å². The molecular weight excluding hydrogens is 688 g/mol. The van der Waals surface area contributed by atoms with Crippen molar-refractivity contribution in [2.24, 2.45) is 0 Å². The maximum Gasteiger partial charge on any atom is 0.0339 e. The van der Waals surface area contributed by atoms with Crippen LogP contribution in [0.25, 0.3) is 87.6 Å². The lowest BCUT2D eigenvalue weighted by molar-refractivity contribution is 1.60. The van der Waals surface area contributed by atoms with Crippen LogP contribution in [0.3, 0.4) is 0 Å². The van der Waals surface area contributed by atoms with E-state index >= 15 is 0 Å². The van der Waals surface area contributed by atoms with Gasteiger partial charge < -0.3 is 0 Å². The number of benzene rings is 9.